The molecule has 0 radical (unpaired) electrons. The average molecular weight is 638 g/mol. The van der Waals surface area contributed by atoms with E-state index in [1.165, 1.54) is 16.6 Å². The molecule has 9 heteroatoms. The van der Waals surface area contributed by atoms with Gasteiger partial charge in [-0.1, -0.05) is 30.3 Å². The number of benzene rings is 4. The molecule has 0 atom stereocenters. The van der Waals surface area contributed by atoms with Crippen molar-refractivity contribution in [1.29, 1.82) is 0 Å². The van der Waals surface area contributed by atoms with Crippen LogP contribution in [0.25, 0.3) is 10.9 Å². The first-order chi connectivity index (χ1) is 22.0. The van der Waals surface area contributed by atoms with Crippen LogP contribution in [0.15, 0.2) is 103 Å². The van der Waals surface area contributed by atoms with Gasteiger partial charge in [0.25, 0.3) is 0 Å². The maximum atomic E-state index is 13.8. The summed E-state index contributed by atoms with van der Waals surface area (Å²) in [4.78, 5) is 25.2. The number of hydrogen-bond acceptors (Lipinski definition) is 6. The molecule has 0 unspecified atom stereocenters. The van der Waals surface area contributed by atoms with Crippen LogP contribution in [-0.2, 0) is 6.42 Å². The van der Waals surface area contributed by atoms with Gasteiger partial charge in [0, 0.05) is 67.3 Å². The maximum absolute atomic E-state index is 13.8. The highest BCUT2D eigenvalue weighted by Gasteiger charge is 2.21. The largest absolute Gasteiger partial charge is 0.497 e. The van der Waals surface area contributed by atoms with Gasteiger partial charge in [0.2, 0.25) is 0 Å². The van der Waals surface area contributed by atoms with E-state index in [1.54, 1.807) is 25.2 Å². The van der Waals surface area contributed by atoms with Crippen molar-refractivity contribution >= 4 is 52.1 Å². The zero-order valence-electron chi connectivity index (χ0n) is 26.5. The third-order valence-corrected chi connectivity index (χ3v) is 8.28. The van der Waals surface area contributed by atoms with Gasteiger partial charge in [-0.3, -0.25) is 14.8 Å². The number of nitrogens with one attached hydrogen (secondary N) is 1. The van der Waals surface area contributed by atoms with Crippen molar-refractivity contribution in [3.8, 4) is 11.5 Å². The van der Waals surface area contributed by atoms with Gasteiger partial charge in [-0.05, 0) is 79.6 Å². The lowest BCUT2D eigenvalue weighted by molar-refractivity contribution is 0.259. The summed E-state index contributed by atoms with van der Waals surface area (Å²) in [5.41, 5.74) is 6.67. The molecule has 6 rings (SSSR count). The number of carbonyl (C=O) groups is 1. The standard InChI is InChI=1S/C37H39N5O3.ClH/c1-27-16-17-34-35(38-27)14-7-15-36(34)41-22-20-40(21-23-41)19-18-28-8-4-10-30(24-28)42(31-11-6-13-33(26-31)45-3)37(43)39-29-9-5-12-32(25-29)44-2;/h4-17,24-26H,18-23H2,1-3H3,(H,39,43);1H. The number of urea groups is 1. The topological polar surface area (TPSA) is 70.2 Å². The summed E-state index contributed by atoms with van der Waals surface area (Å²) in [5.74, 6) is 1.35. The molecule has 4 aromatic carbocycles. The maximum Gasteiger partial charge on any atom is 0.330 e. The number of rotatable bonds is 9. The predicted octanol–water partition coefficient (Wildman–Crippen LogP) is 7.72. The summed E-state index contributed by atoms with van der Waals surface area (Å²) >= 11 is 0. The first-order valence-corrected chi connectivity index (χ1v) is 15.3. The predicted molar refractivity (Wildman–Crippen MR) is 190 cm³/mol. The lowest BCUT2D eigenvalue weighted by Crippen LogP contribution is -2.47. The van der Waals surface area contributed by atoms with Gasteiger partial charge in [0.1, 0.15) is 11.5 Å². The van der Waals surface area contributed by atoms with Crippen molar-refractivity contribution < 1.29 is 14.3 Å². The van der Waals surface area contributed by atoms with E-state index in [0.717, 1.165) is 56.0 Å². The van der Waals surface area contributed by atoms with E-state index in [4.69, 9.17) is 14.5 Å². The molecule has 8 nitrogen and oxygen atoms in total. The summed E-state index contributed by atoms with van der Waals surface area (Å²) < 4.78 is 10.8. The van der Waals surface area contributed by atoms with Gasteiger partial charge in [0.05, 0.1) is 31.1 Å². The number of hydrogen-bond donors (Lipinski definition) is 1. The van der Waals surface area contributed by atoms with Crippen LogP contribution >= 0.6 is 12.4 Å². The average Bonchev–Trinajstić information content (AvgIpc) is 3.07. The highest BCUT2D eigenvalue weighted by molar-refractivity contribution is 6.07. The number of nitrogens with zero attached hydrogens (tertiary/aromatic N) is 4. The minimum atomic E-state index is -0.274. The summed E-state index contributed by atoms with van der Waals surface area (Å²) in [6, 6.07) is 33.5. The first kappa shape index (κ1) is 32.6. The number of anilines is 4. The number of piperazine rings is 1. The van der Waals surface area contributed by atoms with Crippen LogP contribution < -0.4 is 24.6 Å². The fraction of sp³-hybridized carbons (Fsp3) is 0.243. The second-order valence-electron chi connectivity index (χ2n) is 11.2. The molecule has 1 fully saturated rings. The zero-order chi connectivity index (χ0) is 31.2. The molecule has 1 aliphatic heterocycles. The van der Waals surface area contributed by atoms with Crippen molar-refractivity contribution in [2.24, 2.45) is 0 Å². The minimum absolute atomic E-state index is 0. The van der Waals surface area contributed by atoms with E-state index in [-0.39, 0.29) is 18.4 Å². The molecule has 1 aliphatic rings. The van der Waals surface area contributed by atoms with Gasteiger partial charge >= 0.3 is 6.03 Å². The number of ether oxygens (including phenoxy) is 2. The zero-order valence-corrected chi connectivity index (χ0v) is 27.3. The third kappa shape index (κ3) is 7.53. The number of carbonyl (C=O) groups excluding carboxylic acids is 1. The summed E-state index contributed by atoms with van der Waals surface area (Å²) in [7, 11) is 3.23. The highest BCUT2D eigenvalue weighted by Crippen LogP contribution is 2.31. The molecular formula is C37H40ClN5O3. The van der Waals surface area contributed by atoms with Crippen LogP contribution in [0.5, 0.6) is 11.5 Å². The number of amides is 2. The smallest absolute Gasteiger partial charge is 0.330 e. The Morgan fingerprint density at radius 3 is 2.24 bits per heavy atom. The SMILES string of the molecule is COc1cccc(NC(=O)N(c2cccc(CCN3CCN(c4cccc5nc(C)ccc45)CC3)c2)c2cccc(OC)c2)c1.Cl. The highest BCUT2D eigenvalue weighted by atomic mass is 35.5. The minimum Gasteiger partial charge on any atom is -0.497 e. The molecule has 46 heavy (non-hydrogen) atoms. The molecule has 2 heterocycles. The molecule has 0 aliphatic carbocycles. The second-order valence-corrected chi connectivity index (χ2v) is 11.2. The number of halogens is 1. The molecular weight excluding hydrogens is 598 g/mol. The van der Waals surface area contributed by atoms with Crippen molar-refractivity contribution in [1.82, 2.24) is 9.88 Å². The van der Waals surface area contributed by atoms with Crippen molar-refractivity contribution in [2.75, 3.05) is 62.1 Å². The van der Waals surface area contributed by atoms with Crippen LogP contribution in [0.3, 0.4) is 0 Å². The Labute approximate surface area is 277 Å². The Hall–Kier alpha value is -4.79. The molecule has 2 amide bonds. The van der Waals surface area contributed by atoms with E-state index < -0.39 is 0 Å². The Bertz CT molecular complexity index is 1790. The van der Waals surface area contributed by atoms with Gasteiger partial charge < -0.3 is 19.7 Å². The number of aromatic nitrogens is 1. The number of fused-ring (bicyclic) bond motifs is 1. The molecule has 1 N–H and O–H groups in total. The number of pyridine rings is 1. The number of aryl methyl sites for hydroxylation is 1. The Balaban J connectivity index is 0.00000417. The van der Waals surface area contributed by atoms with Crippen molar-refractivity contribution in [2.45, 2.75) is 13.3 Å². The van der Waals surface area contributed by atoms with E-state index in [1.807, 2.05) is 61.5 Å². The molecule has 0 spiro atoms. The van der Waals surface area contributed by atoms with E-state index in [9.17, 15) is 4.79 Å². The third-order valence-electron chi connectivity index (χ3n) is 8.28. The van der Waals surface area contributed by atoms with Crippen LogP contribution in [0.2, 0.25) is 0 Å². The Morgan fingerprint density at radius 2 is 1.48 bits per heavy atom. The van der Waals surface area contributed by atoms with Gasteiger partial charge in [-0.25, -0.2) is 4.79 Å². The number of methoxy groups -OCH3 is 2. The molecule has 5 aromatic rings. The van der Waals surface area contributed by atoms with Crippen LogP contribution in [-0.4, -0.2) is 62.9 Å². The molecule has 238 valence electrons. The van der Waals surface area contributed by atoms with E-state index >= 15 is 0 Å². The lowest BCUT2D eigenvalue weighted by Gasteiger charge is -2.36. The van der Waals surface area contributed by atoms with Crippen molar-refractivity contribution in [3.63, 3.8) is 0 Å². The Kier molecular flexibility index (Phi) is 10.6. The van der Waals surface area contributed by atoms with Crippen LogP contribution in [0.4, 0.5) is 27.5 Å². The van der Waals surface area contributed by atoms with Crippen molar-refractivity contribution in [3.05, 3.63) is 114 Å². The lowest BCUT2D eigenvalue weighted by atomic mass is 10.1. The summed E-state index contributed by atoms with van der Waals surface area (Å²) in [6.07, 6.45) is 0.884. The van der Waals surface area contributed by atoms with Gasteiger partial charge in [0.15, 0.2) is 0 Å². The van der Waals surface area contributed by atoms with Gasteiger partial charge in [-0.15, -0.1) is 12.4 Å². The van der Waals surface area contributed by atoms with Crippen LogP contribution in [0, 0.1) is 6.92 Å². The summed E-state index contributed by atoms with van der Waals surface area (Å²) in [6.45, 7) is 6.92. The fourth-order valence-corrected chi connectivity index (χ4v) is 5.88. The molecule has 0 bridgehead atoms. The molecule has 1 aromatic heterocycles. The quantitative estimate of drug-likeness (QED) is 0.178. The van der Waals surface area contributed by atoms with E-state index in [0.29, 0.717) is 22.9 Å². The Morgan fingerprint density at radius 1 is 0.804 bits per heavy atom. The molecule has 0 saturated carbocycles. The normalized spacial score (nSPS) is 13.2. The summed E-state index contributed by atoms with van der Waals surface area (Å²) in [5, 5.41) is 4.25. The fourth-order valence-electron chi connectivity index (χ4n) is 5.88. The molecule has 1 saturated heterocycles. The van der Waals surface area contributed by atoms with E-state index in [2.05, 4.69) is 57.6 Å². The monoisotopic (exact) mass is 637 g/mol. The first-order valence-electron chi connectivity index (χ1n) is 15.3. The second kappa shape index (κ2) is 15.0. The van der Waals surface area contributed by atoms with Crippen LogP contribution in [0.1, 0.15) is 11.3 Å². The van der Waals surface area contributed by atoms with Gasteiger partial charge in [-0.2, -0.15) is 0 Å².